The molecule has 0 bridgehead atoms. The maximum Gasteiger partial charge on any atom is 0.132 e. The minimum absolute atomic E-state index is 0.270. The lowest BCUT2D eigenvalue weighted by Crippen LogP contribution is -1.97. The van der Waals surface area contributed by atoms with Crippen molar-refractivity contribution in [3.05, 3.63) is 41.7 Å². The van der Waals surface area contributed by atoms with Gasteiger partial charge in [0, 0.05) is 11.3 Å². The summed E-state index contributed by atoms with van der Waals surface area (Å²) in [5.41, 5.74) is 6.99. The van der Waals surface area contributed by atoms with E-state index in [0.717, 1.165) is 5.56 Å². The van der Waals surface area contributed by atoms with E-state index in [1.807, 2.05) is 20.8 Å². The summed E-state index contributed by atoms with van der Waals surface area (Å²) in [5.74, 6) is -0.317. The van der Waals surface area contributed by atoms with Gasteiger partial charge in [-0.15, -0.1) is 0 Å². The Hall–Kier alpha value is -1.31. The first-order valence-electron chi connectivity index (χ1n) is 4.32. The highest BCUT2D eigenvalue weighted by atomic mass is 19.1. The van der Waals surface area contributed by atoms with Crippen LogP contribution in [-0.2, 0) is 0 Å². The van der Waals surface area contributed by atoms with Gasteiger partial charge in [-0.25, -0.2) is 4.39 Å². The van der Waals surface area contributed by atoms with Crippen LogP contribution in [-0.4, -0.2) is 0 Å². The number of benzene rings is 1. The molecule has 13 heavy (non-hydrogen) atoms. The second-order valence-electron chi connectivity index (χ2n) is 2.51. The largest absolute Gasteiger partial charge is 0.399 e. The highest BCUT2D eigenvalue weighted by Crippen LogP contribution is 2.13. The zero-order valence-corrected chi connectivity index (χ0v) is 8.39. The van der Waals surface area contributed by atoms with Crippen LogP contribution in [0.25, 0.3) is 5.70 Å². The lowest BCUT2D eigenvalue weighted by molar-refractivity contribution is 0.623. The number of aryl methyl sites for hydroxylation is 1. The van der Waals surface area contributed by atoms with Crippen molar-refractivity contribution in [1.29, 1.82) is 0 Å². The van der Waals surface area contributed by atoms with Gasteiger partial charge >= 0.3 is 0 Å². The molecule has 2 heteroatoms. The fourth-order valence-electron chi connectivity index (χ4n) is 0.885. The molecule has 0 aliphatic rings. The Labute approximate surface area is 79.1 Å². The maximum atomic E-state index is 12.9. The molecule has 0 heterocycles. The van der Waals surface area contributed by atoms with Crippen LogP contribution < -0.4 is 5.73 Å². The maximum absolute atomic E-state index is 12.9. The normalized spacial score (nSPS) is 8.62. The SMILES string of the molecule is C=C(N)c1cc(C)ccc1F.CC. The van der Waals surface area contributed by atoms with Gasteiger partial charge in [-0.2, -0.15) is 0 Å². The molecule has 0 unspecified atom stereocenters. The summed E-state index contributed by atoms with van der Waals surface area (Å²) < 4.78 is 12.9. The van der Waals surface area contributed by atoms with Gasteiger partial charge in [0.25, 0.3) is 0 Å². The van der Waals surface area contributed by atoms with E-state index in [-0.39, 0.29) is 11.5 Å². The summed E-state index contributed by atoms with van der Waals surface area (Å²) in [7, 11) is 0. The Kier molecular flexibility index (Phi) is 4.82. The molecule has 0 amide bonds. The molecule has 0 aliphatic carbocycles. The molecule has 1 aromatic rings. The van der Waals surface area contributed by atoms with Crippen molar-refractivity contribution < 1.29 is 4.39 Å². The Morgan fingerprint density at radius 2 is 1.92 bits per heavy atom. The number of hydrogen-bond acceptors (Lipinski definition) is 1. The molecule has 0 aromatic heterocycles. The summed E-state index contributed by atoms with van der Waals surface area (Å²) >= 11 is 0. The summed E-state index contributed by atoms with van der Waals surface area (Å²) in [6.07, 6.45) is 0. The van der Waals surface area contributed by atoms with Crippen LogP contribution in [0.5, 0.6) is 0 Å². The molecule has 0 saturated carbocycles. The molecule has 72 valence electrons. The van der Waals surface area contributed by atoms with Gasteiger partial charge in [0.05, 0.1) is 0 Å². The summed E-state index contributed by atoms with van der Waals surface area (Å²) in [6, 6.07) is 4.77. The van der Waals surface area contributed by atoms with Gasteiger partial charge in [0.2, 0.25) is 0 Å². The van der Waals surface area contributed by atoms with Gasteiger partial charge in [-0.1, -0.05) is 32.1 Å². The lowest BCUT2D eigenvalue weighted by Gasteiger charge is -2.01. The van der Waals surface area contributed by atoms with E-state index < -0.39 is 0 Å². The lowest BCUT2D eigenvalue weighted by atomic mass is 10.1. The van der Waals surface area contributed by atoms with Crippen LogP contribution in [0, 0.1) is 12.7 Å². The van der Waals surface area contributed by atoms with Crippen molar-refractivity contribution in [3.8, 4) is 0 Å². The Morgan fingerprint density at radius 3 is 2.31 bits per heavy atom. The van der Waals surface area contributed by atoms with Crippen molar-refractivity contribution in [2.45, 2.75) is 20.8 Å². The van der Waals surface area contributed by atoms with Crippen molar-refractivity contribution in [2.75, 3.05) is 0 Å². The van der Waals surface area contributed by atoms with Gasteiger partial charge in [-0.05, 0) is 19.1 Å². The Bertz CT molecular complexity index is 292. The second-order valence-corrected chi connectivity index (χ2v) is 2.51. The van der Waals surface area contributed by atoms with E-state index in [4.69, 9.17) is 5.73 Å². The Morgan fingerprint density at radius 1 is 1.38 bits per heavy atom. The zero-order valence-electron chi connectivity index (χ0n) is 8.39. The zero-order chi connectivity index (χ0) is 10.4. The molecular weight excluding hydrogens is 165 g/mol. The molecule has 1 nitrogen and oxygen atoms in total. The van der Waals surface area contributed by atoms with Crippen molar-refractivity contribution in [2.24, 2.45) is 5.73 Å². The molecule has 0 aliphatic heterocycles. The van der Waals surface area contributed by atoms with Crippen LogP contribution in [0.15, 0.2) is 24.8 Å². The van der Waals surface area contributed by atoms with Crippen molar-refractivity contribution >= 4 is 5.70 Å². The number of nitrogens with two attached hydrogens (primary N) is 1. The molecule has 0 radical (unpaired) electrons. The topological polar surface area (TPSA) is 26.0 Å². The van der Waals surface area contributed by atoms with Crippen molar-refractivity contribution in [3.63, 3.8) is 0 Å². The van der Waals surface area contributed by atoms with E-state index in [0.29, 0.717) is 5.56 Å². The second kappa shape index (κ2) is 5.36. The highest BCUT2D eigenvalue weighted by molar-refractivity contribution is 5.61. The third-order valence-electron chi connectivity index (χ3n) is 1.47. The van der Waals surface area contributed by atoms with Crippen LogP contribution in [0.4, 0.5) is 4.39 Å². The van der Waals surface area contributed by atoms with E-state index >= 15 is 0 Å². The standard InChI is InChI=1S/C9H10FN.C2H6/c1-6-3-4-9(10)8(5-6)7(2)11;1-2/h3-5H,2,11H2,1H3;1-2H3. The molecule has 0 spiro atoms. The van der Waals surface area contributed by atoms with Crippen LogP contribution >= 0.6 is 0 Å². The molecule has 1 rings (SSSR count). The fourth-order valence-corrected chi connectivity index (χ4v) is 0.885. The van der Waals surface area contributed by atoms with Gasteiger partial charge in [0.15, 0.2) is 0 Å². The first-order valence-corrected chi connectivity index (χ1v) is 4.32. The van der Waals surface area contributed by atoms with Gasteiger partial charge in [-0.3, -0.25) is 0 Å². The molecule has 2 N–H and O–H groups in total. The average molecular weight is 181 g/mol. The van der Waals surface area contributed by atoms with Crippen LogP contribution in [0.2, 0.25) is 0 Å². The molecule has 0 atom stereocenters. The summed E-state index contributed by atoms with van der Waals surface area (Å²) in [5, 5.41) is 0. The summed E-state index contributed by atoms with van der Waals surface area (Å²) in [4.78, 5) is 0. The molecule has 1 aromatic carbocycles. The highest BCUT2D eigenvalue weighted by Gasteiger charge is 2.01. The number of rotatable bonds is 1. The minimum Gasteiger partial charge on any atom is -0.399 e. The first-order chi connectivity index (χ1) is 6.11. The fraction of sp³-hybridized carbons (Fsp3) is 0.273. The van der Waals surface area contributed by atoms with E-state index in [1.54, 1.807) is 12.1 Å². The summed E-state index contributed by atoms with van der Waals surface area (Å²) in [6.45, 7) is 9.35. The third-order valence-corrected chi connectivity index (χ3v) is 1.47. The average Bonchev–Trinajstić information content (AvgIpc) is 2.12. The third kappa shape index (κ3) is 3.28. The quantitative estimate of drug-likeness (QED) is 0.707. The van der Waals surface area contributed by atoms with E-state index in [9.17, 15) is 4.39 Å². The van der Waals surface area contributed by atoms with Gasteiger partial charge < -0.3 is 5.73 Å². The van der Waals surface area contributed by atoms with E-state index in [2.05, 4.69) is 6.58 Å². The van der Waals surface area contributed by atoms with Crippen molar-refractivity contribution in [1.82, 2.24) is 0 Å². The number of hydrogen-bond donors (Lipinski definition) is 1. The first kappa shape index (κ1) is 11.7. The Balaban J connectivity index is 0.000000671. The predicted octanol–water partition coefficient (Wildman–Crippen LogP) is 3.09. The van der Waals surface area contributed by atoms with Crippen LogP contribution in [0.1, 0.15) is 25.0 Å². The number of halogens is 1. The van der Waals surface area contributed by atoms with E-state index in [1.165, 1.54) is 6.07 Å². The monoisotopic (exact) mass is 181 g/mol. The minimum atomic E-state index is -0.317. The smallest absolute Gasteiger partial charge is 0.132 e. The molecular formula is C11H16FN. The van der Waals surface area contributed by atoms with Crippen LogP contribution in [0.3, 0.4) is 0 Å². The van der Waals surface area contributed by atoms with Gasteiger partial charge in [0.1, 0.15) is 5.82 Å². The molecule has 0 fully saturated rings. The predicted molar refractivity (Wildman–Crippen MR) is 55.7 cm³/mol. The molecule has 0 saturated heterocycles.